The molecule has 1 atom stereocenters. The molecule has 1 heterocycles. The van der Waals surface area contributed by atoms with Crippen molar-refractivity contribution in [3.05, 3.63) is 11.1 Å². The minimum atomic E-state index is 0.803. The van der Waals surface area contributed by atoms with Crippen molar-refractivity contribution >= 4 is 12.2 Å². The summed E-state index contributed by atoms with van der Waals surface area (Å²) in [4.78, 5) is 1.62. The number of hydrogen-bond acceptors (Lipinski definition) is 2. The molecule has 2 rings (SSSR count). The molecule has 1 unspecified atom stereocenters. The molecule has 1 aromatic heterocycles. The molecule has 1 fully saturated rings. The van der Waals surface area contributed by atoms with Crippen molar-refractivity contribution in [1.29, 1.82) is 0 Å². The molecular weight excluding hydrogens is 232 g/mol. The predicted molar refractivity (Wildman–Crippen MR) is 70.4 cm³/mol. The summed E-state index contributed by atoms with van der Waals surface area (Å²) in [5, 5.41) is 4.35. The SMILES string of the molecule is CC[NH+](Cn1ncn(C)c1=S)C1CCCCC1. The van der Waals surface area contributed by atoms with Crippen LogP contribution in [0.2, 0.25) is 0 Å². The molecule has 0 aliphatic heterocycles. The molecule has 96 valence electrons. The zero-order valence-corrected chi connectivity index (χ0v) is 11.7. The summed E-state index contributed by atoms with van der Waals surface area (Å²) in [5.74, 6) is 0. The van der Waals surface area contributed by atoms with E-state index in [0.29, 0.717) is 0 Å². The molecular formula is C12H23N4S+. The molecule has 1 aliphatic carbocycles. The van der Waals surface area contributed by atoms with E-state index < -0.39 is 0 Å². The topological polar surface area (TPSA) is 27.2 Å². The van der Waals surface area contributed by atoms with Crippen molar-refractivity contribution in [3.8, 4) is 0 Å². The van der Waals surface area contributed by atoms with E-state index in [2.05, 4.69) is 12.0 Å². The van der Waals surface area contributed by atoms with Crippen molar-refractivity contribution in [2.24, 2.45) is 7.05 Å². The summed E-state index contributed by atoms with van der Waals surface area (Å²) in [5.41, 5.74) is 0. The third-order valence-corrected chi connectivity index (χ3v) is 4.37. The van der Waals surface area contributed by atoms with Gasteiger partial charge in [0.05, 0.1) is 12.6 Å². The van der Waals surface area contributed by atoms with E-state index in [4.69, 9.17) is 12.2 Å². The molecule has 4 nitrogen and oxygen atoms in total. The summed E-state index contributed by atoms with van der Waals surface area (Å²) in [6.07, 6.45) is 8.73. The highest BCUT2D eigenvalue weighted by Crippen LogP contribution is 2.15. The Labute approximate surface area is 108 Å². The standard InChI is InChI=1S/C12H22N4S/c1-3-15(11-7-5-4-6-8-11)10-16-12(17)14(2)9-13-16/h9,11H,3-8,10H2,1-2H3/p+1. The molecule has 5 heteroatoms. The smallest absolute Gasteiger partial charge is 0.202 e. The van der Waals surface area contributed by atoms with Gasteiger partial charge in [-0.1, -0.05) is 6.42 Å². The van der Waals surface area contributed by atoms with Gasteiger partial charge >= 0.3 is 0 Å². The Bertz CT molecular complexity index is 403. The summed E-state index contributed by atoms with van der Waals surface area (Å²) < 4.78 is 4.69. The maximum atomic E-state index is 5.34. The van der Waals surface area contributed by atoms with Crippen LogP contribution in [0, 0.1) is 4.77 Å². The van der Waals surface area contributed by atoms with E-state index in [1.165, 1.54) is 32.1 Å². The Balaban J connectivity index is 2.04. The van der Waals surface area contributed by atoms with Crippen LogP contribution in [0.5, 0.6) is 0 Å². The molecule has 0 bridgehead atoms. The molecule has 1 aliphatic rings. The molecule has 0 aromatic carbocycles. The van der Waals surface area contributed by atoms with Crippen LogP contribution in [0.1, 0.15) is 39.0 Å². The Hall–Kier alpha value is -0.680. The van der Waals surface area contributed by atoms with E-state index >= 15 is 0 Å². The minimum Gasteiger partial charge on any atom is -0.314 e. The number of nitrogens with one attached hydrogen (secondary N) is 1. The third kappa shape index (κ3) is 2.96. The lowest BCUT2D eigenvalue weighted by Crippen LogP contribution is -3.15. The van der Waals surface area contributed by atoms with Gasteiger partial charge in [0.25, 0.3) is 0 Å². The Morgan fingerprint density at radius 1 is 1.41 bits per heavy atom. The van der Waals surface area contributed by atoms with Crippen molar-refractivity contribution in [2.45, 2.75) is 51.7 Å². The molecule has 0 saturated heterocycles. The van der Waals surface area contributed by atoms with E-state index in [1.54, 1.807) is 11.2 Å². The van der Waals surface area contributed by atoms with Gasteiger partial charge in [0.2, 0.25) is 4.77 Å². The van der Waals surface area contributed by atoms with E-state index in [9.17, 15) is 0 Å². The van der Waals surface area contributed by atoms with Gasteiger partial charge in [-0.15, -0.1) is 0 Å². The van der Waals surface area contributed by atoms with Gasteiger partial charge in [0.1, 0.15) is 6.33 Å². The molecule has 17 heavy (non-hydrogen) atoms. The van der Waals surface area contributed by atoms with Gasteiger partial charge in [0, 0.05) is 7.05 Å². The quantitative estimate of drug-likeness (QED) is 0.817. The lowest BCUT2D eigenvalue weighted by molar-refractivity contribution is -0.947. The summed E-state index contributed by atoms with van der Waals surface area (Å²) in [6.45, 7) is 4.33. The Kier molecular flexibility index (Phi) is 4.34. The molecule has 1 N–H and O–H groups in total. The van der Waals surface area contributed by atoms with Crippen molar-refractivity contribution < 1.29 is 4.90 Å². The van der Waals surface area contributed by atoms with Crippen LogP contribution >= 0.6 is 12.2 Å². The fraction of sp³-hybridized carbons (Fsp3) is 0.833. The highest BCUT2D eigenvalue weighted by atomic mass is 32.1. The Morgan fingerprint density at radius 3 is 2.65 bits per heavy atom. The van der Waals surface area contributed by atoms with E-state index in [0.717, 1.165) is 24.0 Å². The predicted octanol–water partition coefficient (Wildman–Crippen LogP) is 1.15. The number of nitrogens with zero attached hydrogens (tertiary/aromatic N) is 3. The van der Waals surface area contributed by atoms with Crippen LogP contribution in [0.15, 0.2) is 6.33 Å². The van der Waals surface area contributed by atoms with E-state index in [-0.39, 0.29) is 0 Å². The van der Waals surface area contributed by atoms with Gasteiger partial charge in [-0.25, -0.2) is 0 Å². The largest absolute Gasteiger partial charge is 0.314 e. The summed E-state index contributed by atoms with van der Waals surface area (Å²) in [6, 6.07) is 0.803. The second kappa shape index (κ2) is 5.78. The van der Waals surface area contributed by atoms with Crippen molar-refractivity contribution in [1.82, 2.24) is 14.3 Å². The molecule has 1 saturated carbocycles. The first-order valence-corrected chi connectivity index (χ1v) is 7.06. The summed E-state index contributed by atoms with van der Waals surface area (Å²) in [7, 11) is 1.96. The molecule has 1 aromatic rings. The lowest BCUT2D eigenvalue weighted by Gasteiger charge is -2.30. The maximum absolute atomic E-state index is 5.34. The molecule has 0 radical (unpaired) electrons. The normalized spacial score (nSPS) is 19.4. The van der Waals surface area contributed by atoms with Crippen LogP contribution in [-0.2, 0) is 13.7 Å². The van der Waals surface area contributed by atoms with Crippen molar-refractivity contribution in [3.63, 3.8) is 0 Å². The first-order valence-electron chi connectivity index (χ1n) is 6.65. The van der Waals surface area contributed by atoms with Gasteiger partial charge in [-0.05, 0) is 44.8 Å². The van der Waals surface area contributed by atoms with Crippen LogP contribution < -0.4 is 4.90 Å². The van der Waals surface area contributed by atoms with E-state index in [1.807, 2.05) is 16.3 Å². The second-order valence-corrected chi connectivity index (χ2v) is 5.39. The minimum absolute atomic E-state index is 0.803. The second-order valence-electron chi connectivity index (χ2n) is 5.03. The van der Waals surface area contributed by atoms with Gasteiger partial charge in [-0.2, -0.15) is 9.78 Å². The first kappa shape index (κ1) is 12.8. The maximum Gasteiger partial charge on any atom is 0.202 e. The Morgan fingerprint density at radius 2 is 2.12 bits per heavy atom. The van der Waals surface area contributed by atoms with Crippen LogP contribution in [-0.4, -0.2) is 26.9 Å². The average molecular weight is 255 g/mol. The monoisotopic (exact) mass is 255 g/mol. The number of rotatable bonds is 4. The first-order chi connectivity index (χ1) is 8.22. The zero-order valence-electron chi connectivity index (χ0n) is 10.9. The van der Waals surface area contributed by atoms with Crippen LogP contribution in [0.25, 0.3) is 0 Å². The lowest BCUT2D eigenvalue weighted by atomic mass is 9.94. The summed E-state index contributed by atoms with van der Waals surface area (Å²) >= 11 is 5.34. The van der Waals surface area contributed by atoms with Gasteiger partial charge in [0.15, 0.2) is 6.67 Å². The zero-order chi connectivity index (χ0) is 12.3. The third-order valence-electron chi connectivity index (χ3n) is 3.88. The number of aryl methyl sites for hydroxylation is 1. The highest BCUT2D eigenvalue weighted by molar-refractivity contribution is 7.71. The number of aromatic nitrogens is 3. The highest BCUT2D eigenvalue weighted by Gasteiger charge is 2.23. The number of hydrogen-bond donors (Lipinski definition) is 1. The molecule has 0 spiro atoms. The average Bonchev–Trinajstić information content (AvgIpc) is 2.68. The number of quaternary nitrogens is 1. The van der Waals surface area contributed by atoms with Crippen LogP contribution in [0.3, 0.4) is 0 Å². The van der Waals surface area contributed by atoms with Gasteiger partial charge < -0.3 is 9.47 Å². The van der Waals surface area contributed by atoms with Crippen molar-refractivity contribution in [2.75, 3.05) is 6.54 Å². The fourth-order valence-corrected chi connectivity index (χ4v) is 2.92. The van der Waals surface area contributed by atoms with Crippen LogP contribution in [0.4, 0.5) is 0 Å². The van der Waals surface area contributed by atoms with Gasteiger partial charge in [-0.3, -0.25) is 0 Å². The molecule has 0 amide bonds. The fourth-order valence-electron chi connectivity index (χ4n) is 2.76.